The summed E-state index contributed by atoms with van der Waals surface area (Å²) in [7, 11) is 0. The maximum atomic E-state index is 11.8. The lowest BCUT2D eigenvalue weighted by molar-refractivity contribution is -0.260. The van der Waals surface area contributed by atoms with E-state index in [0.717, 1.165) is 4.90 Å². The molecule has 1 atom stereocenters. The number of halogens is 4. The maximum absolute atomic E-state index is 11.8. The molecule has 0 amide bonds. The highest BCUT2D eigenvalue weighted by molar-refractivity contribution is 7.95. The predicted octanol–water partition coefficient (Wildman–Crippen LogP) is 3.74. The standard InChI is InChI=1S/C12H13Cl4NO2S/c1-11(2,12(14,15)16)19-10(18)17-20(3)9-6-4-8(13)5-7-9/h4-7H,1-3H3. The molecule has 0 N–H and O–H groups in total. The molecule has 112 valence electrons. The Morgan fingerprint density at radius 3 is 2.15 bits per heavy atom. The lowest BCUT2D eigenvalue weighted by Gasteiger charge is -2.38. The number of alkyl halides is 3. The Balaban J connectivity index is 2.81. The van der Waals surface area contributed by atoms with Crippen molar-refractivity contribution in [2.75, 3.05) is 6.26 Å². The minimum Gasteiger partial charge on any atom is -0.587 e. The summed E-state index contributed by atoms with van der Waals surface area (Å²) in [6.07, 6.45) is 1.01. The molecule has 1 rings (SSSR count). The summed E-state index contributed by atoms with van der Waals surface area (Å²) in [5, 5.41) is 12.4. The Hall–Kier alpha value is -0.000000000000000167. The zero-order valence-electron chi connectivity index (χ0n) is 11.0. The van der Waals surface area contributed by atoms with E-state index in [2.05, 4.69) is 4.40 Å². The van der Waals surface area contributed by atoms with Crippen molar-refractivity contribution in [2.45, 2.75) is 28.1 Å². The smallest absolute Gasteiger partial charge is 0.205 e. The first kappa shape index (κ1) is 18.1. The second kappa shape index (κ2) is 6.84. The molecule has 8 heteroatoms. The summed E-state index contributed by atoms with van der Waals surface area (Å²) in [6, 6.07) is 7.05. The summed E-state index contributed by atoms with van der Waals surface area (Å²) in [6.45, 7) is 3.01. The highest BCUT2D eigenvalue weighted by Gasteiger charge is 2.38. The van der Waals surface area contributed by atoms with Crippen LogP contribution < -0.4 is 5.11 Å². The molecular weight excluding hydrogens is 364 g/mol. The second-order valence-electron chi connectivity index (χ2n) is 4.40. The van der Waals surface area contributed by atoms with Gasteiger partial charge in [-0.15, -0.1) is 0 Å². The van der Waals surface area contributed by atoms with Crippen molar-refractivity contribution < 1.29 is 9.84 Å². The van der Waals surface area contributed by atoms with E-state index in [4.69, 9.17) is 51.1 Å². The van der Waals surface area contributed by atoms with Gasteiger partial charge in [0, 0.05) is 5.02 Å². The van der Waals surface area contributed by atoms with Gasteiger partial charge in [0.2, 0.25) is 9.88 Å². The average Bonchev–Trinajstić information content (AvgIpc) is 2.27. The molecule has 0 saturated heterocycles. The minimum absolute atomic E-state index is 0.616. The fourth-order valence-corrected chi connectivity index (χ4v) is 2.23. The fourth-order valence-electron chi connectivity index (χ4n) is 1.09. The number of rotatable bonds is 3. The lowest BCUT2D eigenvalue weighted by Crippen LogP contribution is -2.44. The lowest BCUT2D eigenvalue weighted by atomic mass is 10.2. The van der Waals surface area contributed by atoms with E-state index in [0.29, 0.717) is 5.02 Å². The first-order valence-electron chi connectivity index (χ1n) is 5.46. The van der Waals surface area contributed by atoms with Gasteiger partial charge in [-0.2, -0.15) is 0 Å². The van der Waals surface area contributed by atoms with Gasteiger partial charge in [0.05, 0.1) is 5.60 Å². The van der Waals surface area contributed by atoms with E-state index in [9.17, 15) is 5.11 Å². The molecule has 0 heterocycles. The quantitative estimate of drug-likeness (QED) is 0.349. The van der Waals surface area contributed by atoms with E-state index in [-0.39, 0.29) is 0 Å². The van der Waals surface area contributed by atoms with Gasteiger partial charge >= 0.3 is 0 Å². The van der Waals surface area contributed by atoms with Crippen LogP contribution in [0.25, 0.3) is 0 Å². The van der Waals surface area contributed by atoms with Crippen molar-refractivity contribution in [3.63, 3.8) is 0 Å². The van der Waals surface area contributed by atoms with Gasteiger partial charge in [-0.1, -0.05) is 46.4 Å². The number of nitrogens with zero attached hydrogens (tertiary/aromatic N) is 1. The molecule has 20 heavy (non-hydrogen) atoms. The molecule has 1 aromatic carbocycles. The molecule has 0 aliphatic rings. The number of hydrogen-bond donors (Lipinski definition) is 0. The molecule has 1 aromatic rings. The molecule has 0 fully saturated rings. The summed E-state index contributed by atoms with van der Waals surface area (Å²) in [4.78, 5) is 0.859. The van der Waals surface area contributed by atoms with Crippen molar-refractivity contribution >= 4 is 63.6 Å². The third-order valence-corrected chi connectivity index (χ3v) is 5.39. The zero-order valence-corrected chi connectivity index (χ0v) is 14.8. The van der Waals surface area contributed by atoms with Crippen LogP contribution in [0.2, 0.25) is 5.02 Å². The Kier molecular flexibility index (Phi) is 6.17. The molecule has 0 bridgehead atoms. The molecule has 0 aliphatic heterocycles. The summed E-state index contributed by atoms with van der Waals surface area (Å²) < 4.78 is 7.29. The topological polar surface area (TPSA) is 44.7 Å². The van der Waals surface area contributed by atoms with Crippen LogP contribution in [-0.2, 0) is 15.8 Å². The van der Waals surface area contributed by atoms with Crippen LogP contribution in [0, 0.1) is 0 Å². The zero-order chi connectivity index (χ0) is 15.6. The van der Waals surface area contributed by atoms with Gasteiger partial charge in [-0.25, -0.2) is 0 Å². The summed E-state index contributed by atoms with van der Waals surface area (Å²) in [5.41, 5.74) is -1.28. The Morgan fingerprint density at radius 1 is 1.20 bits per heavy atom. The molecule has 0 saturated carbocycles. The molecule has 0 aliphatic carbocycles. The number of benzene rings is 1. The van der Waals surface area contributed by atoms with Crippen molar-refractivity contribution in [3.8, 4) is 0 Å². The maximum Gasteiger partial charge on any atom is 0.205 e. The van der Waals surface area contributed by atoms with Crippen LogP contribution in [0.3, 0.4) is 0 Å². The monoisotopic (exact) mass is 375 g/mol. The third-order valence-electron chi connectivity index (χ3n) is 2.39. The highest BCUT2D eigenvalue weighted by Crippen LogP contribution is 2.40. The van der Waals surface area contributed by atoms with E-state index < -0.39 is 26.6 Å². The minimum atomic E-state index is -1.73. The first-order valence-corrected chi connectivity index (χ1v) is 8.56. The van der Waals surface area contributed by atoms with Crippen LogP contribution >= 0.6 is 46.4 Å². The Labute approximate surface area is 141 Å². The number of hydrogen-bond acceptors (Lipinski definition) is 3. The van der Waals surface area contributed by atoms with Gasteiger partial charge in [0.25, 0.3) is 0 Å². The van der Waals surface area contributed by atoms with Gasteiger partial charge < -0.3 is 9.84 Å². The van der Waals surface area contributed by atoms with Crippen molar-refractivity contribution in [2.24, 2.45) is 4.40 Å². The van der Waals surface area contributed by atoms with Crippen molar-refractivity contribution in [3.05, 3.63) is 29.3 Å². The van der Waals surface area contributed by atoms with Gasteiger partial charge in [-0.05, 0) is 42.5 Å². The van der Waals surface area contributed by atoms with Crippen molar-refractivity contribution in [1.82, 2.24) is 0 Å². The first-order chi connectivity index (χ1) is 9.03. The SMILES string of the molecule is C[S+](/N=C(\[O-])OC(C)(C)C(Cl)(Cl)Cl)c1ccc(Cl)cc1. The van der Waals surface area contributed by atoms with E-state index in [1.165, 1.54) is 13.8 Å². The molecular formula is C12H13Cl4NO2S. The van der Waals surface area contributed by atoms with Gasteiger partial charge in [-0.3, -0.25) is 0 Å². The highest BCUT2D eigenvalue weighted by atomic mass is 35.6. The van der Waals surface area contributed by atoms with Crippen LogP contribution in [0.5, 0.6) is 0 Å². The van der Waals surface area contributed by atoms with Crippen LogP contribution in [0.4, 0.5) is 0 Å². The third kappa shape index (κ3) is 5.08. The average molecular weight is 377 g/mol. The van der Waals surface area contributed by atoms with Crippen LogP contribution in [-0.4, -0.2) is 21.7 Å². The fraction of sp³-hybridized carbons (Fsp3) is 0.417. The molecule has 0 radical (unpaired) electrons. The van der Waals surface area contributed by atoms with E-state index in [1.54, 1.807) is 30.5 Å². The molecule has 1 unspecified atom stereocenters. The Bertz CT molecular complexity index is 485. The Morgan fingerprint density at radius 2 is 1.70 bits per heavy atom. The van der Waals surface area contributed by atoms with Gasteiger partial charge in [0.15, 0.2) is 16.0 Å². The summed E-state index contributed by atoms with van der Waals surface area (Å²) in [5.74, 6) is 0. The molecule has 0 aromatic heterocycles. The van der Waals surface area contributed by atoms with Gasteiger partial charge in [0.1, 0.15) is 6.26 Å². The van der Waals surface area contributed by atoms with Crippen molar-refractivity contribution in [1.29, 1.82) is 0 Å². The molecule has 3 nitrogen and oxygen atoms in total. The van der Waals surface area contributed by atoms with E-state index >= 15 is 0 Å². The molecule has 0 spiro atoms. The largest absolute Gasteiger partial charge is 0.587 e. The summed E-state index contributed by atoms with van der Waals surface area (Å²) >= 11 is 22.3. The number of ether oxygens (including phenoxy) is 1. The predicted molar refractivity (Wildman–Crippen MR) is 85.9 cm³/mol. The van der Waals surface area contributed by atoms with E-state index in [1.807, 2.05) is 0 Å². The second-order valence-corrected chi connectivity index (χ2v) is 8.73. The van der Waals surface area contributed by atoms with Crippen LogP contribution in [0.15, 0.2) is 33.6 Å². The normalized spacial score (nSPS) is 15.1. The van der Waals surface area contributed by atoms with Crippen LogP contribution in [0.1, 0.15) is 13.8 Å².